The van der Waals surface area contributed by atoms with Crippen molar-refractivity contribution >= 4 is 6.29 Å². The van der Waals surface area contributed by atoms with Crippen LogP contribution in [0, 0.1) is 16.7 Å². The third kappa shape index (κ3) is 2.63. The van der Waals surface area contributed by atoms with E-state index in [0.717, 1.165) is 19.1 Å². The van der Waals surface area contributed by atoms with Crippen LogP contribution in [-0.2, 0) is 4.79 Å². The fraction of sp³-hybridized carbons (Fsp3) is 0.750. The smallest absolute Gasteiger partial charge is 0.140 e. The van der Waals surface area contributed by atoms with Crippen molar-refractivity contribution in [1.29, 1.82) is 5.26 Å². The van der Waals surface area contributed by atoms with Crippen LogP contribution < -0.4 is 0 Å². The summed E-state index contributed by atoms with van der Waals surface area (Å²) in [6.45, 7) is 4.25. The van der Waals surface area contributed by atoms with E-state index >= 15 is 0 Å². The maximum Gasteiger partial charge on any atom is 0.140 e. The summed E-state index contributed by atoms with van der Waals surface area (Å²) in [5.74, 6) is 0. The van der Waals surface area contributed by atoms with Gasteiger partial charge in [-0.3, -0.25) is 0 Å². The summed E-state index contributed by atoms with van der Waals surface area (Å²) in [6.07, 6.45) is 3.53. The van der Waals surface area contributed by atoms with Gasteiger partial charge in [0.15, 0.2) is 0 Å². The second kappa shape index (κ2) is 4.05. The molecule has 0 aromatic carbocycles. The molecule has 0 aliphatic heterocycles. The van der Waals surface area contributed by atoms with E-state index in [1.54, 1.807) is 0 Å². The molecule has 0 unspecified atom stereocenters. The molecule has 2 nitrogen and oxygen atoms in total. The van der Waals surface area contributed by atoms with Crippen molar-refractivity contribution in [3.8, 4) is 6.07 Å². The van der Waals surface area contributed by atoms with Crippen molar-refractivity contribution in [3.63, 3.8) is 0 Å². The van der Waals surface area contributed by atoms with E-state index in [2.05, 4.69) is 13.8 Å². The van der Waals surface area contributed by atoms with E-state index in [-0.39, 0.29) is 0 Å². The topological polar surface area (TPSA) is 40.9 Å². The van der Waals surface area contributed by atoms with Gasteiger partial charge in [-0.05, 0) is 12.8 Å². The summed E-state index contributed by atoms with van der Waals surface area (Å²) in [7, 11) is 0. The van der Waals surface area contributed by atoms with Crippen LogP contribution in [0.5, 0.6) is 0 Å². The van der Waals surface area contributed by atoms with Crippen molar-refractivity contribution in [2.45, 2.75) is 33.1 Å². The number of nitrogens with zero attached hydrogens (tertiary/aromatic N) is 1. The zero-order valence-electron chi connectivity index (χ0n) is 6.55. The first-order chi connectivity index (χ1) is 4.74. The second-order valence-corrected chi connectivity index (χ2v) is 2.59. The summed E-state index contributed by atoms with van der Waals surface area (Å²) in [6, 6.07) is 1.93. The third-order valence-electron chi connectivity index (χ3n) is 1.24. The lowest BCUT2D eigenvalue weighted by Crippen LogP contribution is -1.94. The zero-order valence-corrected chi connectivity index (χ0v) is 6.55. The lowest BCUT2D eigenvalue weighted by Gasteiger charge is -1.81. The molecule has 0 N–H and O–H groups in total. The van der Waals surface area contributed by atoms with E-state index in [1.807, 2.05) is 6.07 Å². The third-order valence-corrected chi connectivity index (χ3v) is 1.24. The van der Waals surface area contributed by atoms with E-state index in [1.165, 1.54) is 6.42 Å². The van der Waals surface area contributed by atoms with Crippen LogP contribution in [0.1, 0.15) is 33.1 Å². The molecule has 0 amide bonds. The molecule has 1 rings (SSSR count). The molecule has 1 fully saturated rings. The van der Waals surface area contributed by atoms with E-state index in [4.69, 9.17) is 5.26 Å². The molecule has 1 saturated carbocycles. The number of carbonyl (C=O) groups is 1. The van der Waals surface area contributed by atoms with Gasteiger partial charge in [-0.15, -0.1) is 0 Å². The monoisotopic (exact) mass is 139 g/mol. The van der Waals surface area contributed by atoms with Gasteiger partial charge in [-0.25, -0.2) is 0 Å². The van der Waals surface area contributed by atoms with Gasteiger partial charge in [0.2, 0.25) is 0 Å². The quantitative estimate of drug-likeness (QED) is 0.520. The predicted molar refractivity (Wildman–Crippen MR) is 39.3 cm³/mol. The zero-order chi connectivity index (χ0) is 8.04. The average molecular weight is 139 g/mol. The van der Waals surface area contributed by atoms with Crippen LogP contribution in [0.4, 0.5) is 0 Å². The summed E-state index contributed by atoms with van der Waals surface area (Å²) in [4.78, 5) is 9.90. The highest BCUT2D eigenvalue weighted by Gasteiger charge is 2.42. The van der Waals surface area contributed by atoms with Gasteiger partial charge in [-0.1, -0.05) is 20.3 Å². The molecule has 0 radical (unpaired) electrons. The Bertz CT molecular complexity index is 142. The van der Waals surface area contributed by atoms with E-state index in [9.17, 15) is 4.79 Å². The molecule has 10 heavy (non-hydrogen) atoms. The first-order valence-electron chi connectivity index (χ1n) is 3.62. The van der Waals surface area contributed by atoms with Crippen LogP contribution >= 0.6 is 0 Å². The SMILES string of the molecule is CCC.N#CC1(C=O)CC1. The Balaban J connectivity index is 0.000000236. The molecule has 0 heterocycles. The molecule has 0 aromatic rings. The Morgan fingerprint density at radius 2 is 2.00 bits per heavy atom. The molecule has 56 valence electrons. The van der Waals surface area contributed by atoms with Gasteiger partial charge >= 0.3 is 0 Å². The molecular formula is C8H13NO. The first-order valence-corrected chi connectivity index (χ1v) is 3.62. The van der Waals surface area contributed by atoms with Crippen molar-refractivity contribution < 1.29 is 4.79 Å². The van der Waals surface area contributed by atoms with Gasteiger partial charge in [0.25, 0.3) is 0 Å². The highest BCUT2D eigenvalue weighted by atomic mass is 16.1. The minimum absolute atomic E-state index is 0.542. The van der Waals surface area contributed by atoms with E-state index in [0.29, 0.717) is 0 Å². The van der Waals surface area contributed by atoms with Crippen LogP contribution in [0.15, 0.2) is 0 Å². The molecule has 1 aliphatic rings. The fourth-order valence-corrected chi connectivity index (χ4v) is 0.391. The Kier molecular flexibility index (Phi) is 3.71. The number of nitriles is 1. The van der Waals surface area contributed by atoms with Crippen molar-refractivity contribution in [2.75, 3.05) is 0 Å². The lowest BCUT2D eigenvalue weighted by molar-refractivity contribution is -0.110. The van der Waals surface area contributed by atoms with Gasteiger partial charge < -0.3 is 4.79 Å². The van der Waals surface area contributed by atoms with Gasteiger partial charge in [0.05, 0.1) is 6.07 Å². The molecule has 0 bridgehead atoms. The minimum Gasteiger partial charge on any atom is -0.302 e. The summed E-state index contributed by atoms with van der Waals surface area (Å²) < 4.78 is 0. The van der Waals surface area contributed by atoms with Gasteiger partial charge in [-0.2, -0.15) is 5.26 Å². The van der Waals surface area contributed by atoms with Crippen molar-refractivity contribution in [1.82, 2.24) is 0 Å². The van der Waals surface area contributed by atoms with Crippen LogP contribution in [0.2, 0.25) is 0 Å². The lowest BCUT2D eigenvalue weighted by atomic mass is 10.2. The van der Waals surface area contributed by atoms with Crippen molar-refractivity contribution in [3.05, 3.63) is 0 Å². The molecule has 1 aliphatic carbocycles. The maximum atomic E-state index is 9.90. The molecule has 0 spiro atoms. The Hall–Kier alpha value is -0.840. The standard InChI is InChI=1S/C5H5NO.C3H8/c6-3-5(4-7)1-2-5;1-3-2/h4H,1-2H2;3H2,1-2H3. The number of hydrogen-bond donors (Lipinski definition) is 0. The van der Waals surface area contributed by atoms with Crippen LogP contribution in [0.25, 0.3) is 0 Å². The molecule has 2 heteroatoms. The normalized spacial score (nSPS) is 17.7. The molecule has 0 saturated heterocycles. The van der Waals surface area contributed by atoms with Crippen molar-refractivity contribution in [2.24, 2.45) is 5.41 Å². The predicted octanol–water partition coefficient (Wildman–Crippen LogP) is 1.91. The first kappa shape index (κ1) is 9.16. The maximum absolute atomic E-state index is 9.90. The van der Waals surface area contributed by atoms with Gasteiger partial charge in [0.1, 0.15) is 11.7 Å². The van der Waals surface area contributed by atoms with Gasteiger partial charge in [0, 0.05) is 0 Å². The molecule has 0 aromatic heterocycles. The Morgan fingerprint density at radius 3 is 2.00 bits per heavy atom. The van der Waals surface area contributed by atoms with Crippen LogP contribution in [0.3, 0.4) is 0 Å². The number of hydrogen-bond acceptors (Lipinski definition) is 2. The number of aldehydes is 1. The number of carbonyl (C=O) groups excluding carboxylic acids is 1. The minimum atomic E-state index is -0.542. The second-order valence-electron chi connectivity index (χ2n) is 2.59. The molecule has 0 atom stereocenters. The molecular weight excluding hydrogens is 126 g/mol. The summed E-state index contributed by atoms with van der Waals surface area (Å²) in [5, 5.41) is 8.18. The fourth-order valence-electron chi connectivity index (χ4n) is 0.391. The summed E-state index contributed by atoms with van der Waals surface area (Å²) >= 11 is 0. The van der Waals surface area contributed by atoms with Crippen LogP contribution in [-0.4, -0.2) is 6.29 Å². The average Bonchev–Trinajstić information content (AvgIpc) is 2.69. The highest BCUT2D eigenvalue weighted by Crippen LogP contribution is 2.42. The summed E-state index contributed by atoms with van der Waals surface area (Å²) in [5.41, 5.74) is -0.542. The highest BCUT2D eigenvalue weighted by molar-refractivity contribution is 5.67. The number of rotatable bonds is 1. The Labute approximate surface area is 61.8 Å². The van der Waals surface area contributed by atoms with E-state index < -0.39 is 5.41 Å². The Morgan fingerprint density at radius 1 is 1.60 bits per heavy atom. The largest absolute Gasteiger partial charge is 0.302 e.